The molecular weight excluding hydrogens is 318 g/mol. The summed E-state index contributed by atoms with van der Waals surface area (Å²) in [5.41, 5.74) is 1.28. The lowest BCUT2D eigenvalue weighted by molar-refractivity contribution is -0.120. The number of hydrogen-bond donors (Lipinski definition) is 2. The minimum Gasteiger partial charge on any atom is -0.459 e. The molecule has 2 amide bonds. The highest BCUT2D eigenvalue weighted by Gasteiger charge is 2.29. The number of furan rings is 1. The number of nitrogens with one attached hydrogen (secondary N) is 2. The van der Waals surface area contributed by atoms with Gasteiger partial charge in [-0.3, -0.25) is 14.5 Å². The average molecular weight is 341 g/mol. The number of hydrogen-bond acceptors (Lipinski definition) is 4. The summed E-state index contributed by atoms with van der Waals surface area (Å²) in [5, 5.41) is 5.73. The molecule has 0 radical (unpaired) electrons. The first kappa shape index (κ1) is 17.2. The first-order valence-electron chi connectivity index (χ1n) is 8.67. The third-order valence-electron chi connectivity index (χ3n) is 4.31. The lowest BCUT2D eigenvalue weighted by atomic mass is 10.2. The molecule has 0 aliphatic carbocycles. The van der Waals surface area contributed by atoms with Gasteiger partial charge in [0.2, 0.25) is 5.91 Å². The largest absolute Gasteiger partial charge is 0.459 e. The lowest BCUT2D eigenvalue weighted by Crippen LogP contribution is -2.39. The number of benzene rings is 1. The SMILES string of the molecule is CCCN1CCCC1C(=O)Nc1cccc(NC(=O)c2ccco2)c1. The summed E-state index contributed by atoms with van der Waals surface area (Å²) >= 11 is 0. The topological polar surface area (TPSA) is 74.6 Å². The number of amides is 2. The van der Waals surface area contributed by atoms with Crippen molar-refractivity contribution in [2.45, 2.75) is 32.2 Å². The third-order valence-corrected chi connectivity index (χ3v) is 4.31. The Hall–Kier alpha value is -2.60. The molecule has 6 nitrogen and oxygen atoms in total. The molecule has 2 aromatic rings. The molecule has 25 heavy (non-hydrogen) atoms. The minimum atomic E-state index is -0.321. The van der Waals surface area contributed by atoms with E-state index >= 15 is 0 Å². The summed E-state index contributed by atoms with van der Waals surface area (Å²) in [6, 6.07) is 10.3. The van der Waals surface area contributed by atoms with Gasteiger partial charge >= 0.3 is 0 Å². The molecule has 2 heterocycles. The van der Waals surface area contributed by atoms with Crippen LogP contribution in [0.5, 0.6) is 0 Å². The number of likely N-dealkylation sites (tertiary alicyclic amines) is 1. The quantitative estimate of drug-likeness (QED) is 0.845. The van der Waals surface area contributed by atoms with Gasteiger partial charge in [0.15, 0.2) is 5.76 Å². The molecule has 1 atom stereocenters. The molecule has 3 rings (SSSR count). The second-order valence-corrected chi connectivity index (χ2v) is 6.20. The van der Waals surface area contributed by atoms with Gasteiger partial charge in [0, 0.05) is 11.4 Å². The zero-order valence-corrected chi connectivity index (χ0v) is 14.3. The van der Waals surface area contributed by atoms with Crippen LogP contribution in [0.2, 0.25) is 0 Å². The van der Waals surface area contributed by atoms with Crippen molar-refractivity contribution >= 4 is 23.2 Å². The second kappa shape index (κ2) is 7.98. The molecule has 1 aromatic carbocycles. The van der Waals surface area contributed by atoms with Crippen molar-refractivity contribution in [2.24, 2.45) is 0 Å². The van der Waals surface area contributed by atoms with Gasteiger partial charge in [-0.1, -0.05) is 13.0 Å². The molecule has 132 valence electrons. The maximum absolute atomic E-state index is 12.6. The zero-order valence-electron chi connectivity index (χ0n) is 14.3. The summed E-state index contributed by atoms with van der Waals surface area (Å²) in [6.07, 6.45) is 4.44. The predicted octanol–water partition coefficient (Wildman–Crippen LogP) is 3.34. The summed E-state index contributed by atoms with van der Waals surface area (Å²) in [4.78, 5) is 26.8. The van der Waals surface area contributed by atoms with Crippen molar-refractivity contribution < 1.29 is 14.0 Å². The van der Waals surface area contributed by atoms with Gasteiger partial charge in [0.05, 0.1) is 12.3 Å². The first-order valence-corrected chi connectivity index (χ1v) is 8.67. The van der Waals surface area contributed by atoms with E-state index in [-0.39, 0.29) is 23.6 Å². The predicted molar refractivity (Wildman–Crippen MR) is 96.6 cm³/mol. The van der Waals surface area contributed by atoms with E-state index < -0.39 is 0 Å². The molecule has 1 aromatic heterocycles. The van der Waals surface area contributed by atoms with Crippen LogP contribution in [-0.4, -0.2) is 35.8 Å². The normalized spacial score (nSPS) is 17.4. The monoisotopic (exact) mass is 341 g/mol. The second-order valence-electron chi connectivity index (χ2n) is 6.20. The van der Waals surface area contributed by atoms with Crippen molar-refractivity contribution in [3.63, 3.8) is 0 Å². The van der Waals surface area contributed by atoms with Crippen LogP contribution in [0.25, 0.3) is 0 Å². The van der Waals surface area contributed by atoms with E-state index in [2.05, 4.69) is 22.5 Å². The molecule has 1 aliphatic heterocycles. The van der Waals surface area contributed by atoms with Gasteiger partial charge in [-0.2, -0.15) is 0 Å². The van der Waals surface area contributed by atoms with Gasteiger partial charge in [-0.25, -0.2) is 0 Å². The van der Waals surface area contributed by atoms with E-state index in [0.29, 0.717) is 11.4 Å². The molecule has 6 heteroatoms. The van der Waals surface area contributed by atoms with Crippen LogP contribution >= 0.6 is 0 Å². The van der Waals surface area contributed by atoms with E-state index in [1.807, 2.05) is 6.07 Å². The van der Waals surface area contributed by atoms with Crippen LogP contribution in [0.1, 0.15) is 36.7 Å². The van der Waals surface area contributed by atoms with Crippen molar-refractivity contribution in [3.8, 4) is 0 Å². The molecule has 1 fully saturated rings. The Labute approximate surface area is 147 Å². The van der Waals surface area contributed by atoms with E-state index in [1.54, 1.807) is 30.3 Å². The zero-order chi connectivity index (χ0) is 17.6. The first-order chi connectivity index (χ1) is 12.2. The van der Waals surface area contributed by atoms with E-state index in [4.69, 9.17) is 4.42 Å². The van der Waals surface area contributed by atoms with Crippen molar-refractivity contribution in [3.05, 3.63) is 48.4 Å². The number of nitrogens with zero attached hydrogens (tertiary/aromatic N) is 1. The van der Waals surface area contributed by atoms with Crippen molar-refractivity contribution in [1.82, 2.24) is 4.90 Å². The number of carbonyl (C=O) groups is 2. The molecule has 1 saturated heterocycles. The molecule has 0 saturated carbocycles. The molecule has 0 bridgehead atoms. The number of rotatable bonds is 6. The highest BCUT2D eigenvalue weighted by molar-refractivity contribution is 6.03. The van der Waals surface area contributed by atoms with Crippen LogP contribution < -0.4 is 10.6 Å². The minimum absolute atomic E-state index is 0.0143. The van der Waals surface area contributed by atoms with E-state index in [0.717, 1.165) is 32.4 Å². The van der Waals surface area contributed by atoms with Crippen molar-refractivity contribution in [1.29, 1.82) is 0 Å². The molecule has 2 N–H and O–H groups in total. The van der Waals surface area contributed by atoms with Crippen LogP contribution in [0.3, 0.4) is 0 Å². The maximum atomic E-state index is 12.6. The Morgan fingerprint density at radius 2 is 2.00 bits per heavy atom. The summed E-state index contributed by atoms with van der Waals surface area (Å²) in [7, 11) is 0. The standard InChI is InChI=1S/C19H23N3O3/c1-2-10-22-11-4-8-16(22)18(23)20-14-6-3-7-15(13-14)21-19(24)17-9-5-12-25-17/h3,5-7,9,12-13,16H,2,4,8,10-11H2,1H3,(H,20,23)(H,21,24). The van der Waals surface area contributed by atoms with Crippen LogP contribution in [0, 0.1) is 0 Å². The van der Waals surface area contributed by atoms with Crippen molar-refractivity contribution in [2.75, 3.05) is 23.7 Å². The maximum Gasteiger partial charge on any atom is 0.291 e. The van der Waals surface area contributed by atoms with Crippen LogP contribution in [-0.2, 0) is 4.79 Å². The fourth-order valence-corrected chi connectivity index (χ4v) is 3.18. The lowest BCUT2D eigenvalue weighted by Gasteiger charge is -2.23. The Kier molecular flexibility index (Phi) is 5.50. The highest BCUT2D eigenvalue weighted by atomic mass is 16.3. The Morgan fingerprint density at radius 3 is 2.72 bits per heavy atom. The van der Waals surface area contributed by atoms with Gasteiger partial charge in [0.1, 0.15) is 0 Å². The Morgan fingerprint density at radius 1 is 1.20 bits per heavy atom. The van der Waals surface area contributed by atoms with Crippen LogP contribution in [0.15, 0.2) is 47.1 Å². The molecule has 0 spiro atoms. The van der Waals surface area contributed by atoms with Gasteiger partial charge in [0.25, 0.3) is 5.91 Å². The third kappa shape index (κ3) is 4.28. The van der Waals surface area contributed by atoms with E-state index in [1.165, 1.54) is 6.26 Å². The summed E-state index contributed by atoms with van der Waals surface area (Å²) < 4.78 is 5.08. The molecule has 1 aliphatic rings. The Balaban J connectivity index is 1.63. The van der Waals surface area contributed by atoms with E-state index in [9.17, 15) is 9.59 Å². The van der Waals surface area contributed by atoms with Crippen LogP contribution in [0.4, 0.5) is 11.4 Å². The highest BCUT2D eigenvalue weighted by Crippen LogP contribution is 2.21. The summed E-state index contributed by atoms with van der Waals surface area (Å²) in [5.74, 6) is -0.0607. The van der Waals surface area contributed by atoms with Gasteiger partial charge in [-0.05, 0) is 62.7 Å². The fourth-order valence-electron chi connectivity index (χ4n) is 3.18. The molecular formula is C19H23N3O3. The Bertz CT molecular complexity index is 727. The van der Waals surface area contributed by atoms with Gasteiger partial charge in [-0.15, -0.1) is 0 Å². The molecule has 1 unspecified atom stereocenters. The smallest absolute Gasteiger partial charge is 0.291 e. The fraction of sp³-hybridized carbons (Fsp3) is 0.368. The number of anilines is 2. The van der Waals surface area contributed by atoms with Gasteiger partial charge < -0.3 is 15.1 Å². The number of carbonyl (C=O) groups excluding carboxylic acids is 2. The average Bonchev–Trinajstić information content (AvgIpc) is 3.27. The summed E-state index contributed by atoms with van der Waals surface area (Å²) in [6.45, 7) is 4.04.